The first kappa shape index (κ1) is 11.4. The van der Waals surface area contributed by atoms with Crippen LogP contribution in [0.3, 0.4) is 0 Å². The lowest BCUT2D eigenvalue weighted by Gasteiger charge is -2.06. The Hall–Kier alpha value is -1.09. The Morgan fingerprint density at radius 1 is 1.19 bits per heavy atom. The topological polar surface area (TPSA) is 0 Å². The van der Waals surface area contributed by atoms with Gasteiger partial charge in [-0.25, -0.2) is 0 Å². The third-order valence-corrected chi connectivity index (χ3v) is 3.42. The van der Waals surface area contributed by atoms with E-state index in [0.29, 0.717) is 0 Å². The largest absolute Gasteiger partial charge is 0.0980 e. The van der Waals surface area contributed by atoms with Crippen molar-refractivity contribution in [2.75, 3.05) is 0 Å². The van der Waals surface area contributed by atoms with Crippen LogP contribution in [0.15, 0.2) is 52.6 Å². The van der Waals surface area contributed by atoms with Crippen LogP contribution >= 0.6 is 22.6 Å². The Balaban J connectivity index is 2.75. The number of aryl methyl sites for hydroxylation is 1. The number of benzene rings is 2. The fourth-order valence-electron chi connectivity index (χ4n) is 1.79. The molecule has 0 heterocycles. The van der Waals surface area contributed by atoms with Gasteiger partial charge in [0.1, 0.15) is 0 Å². The second-order valence-electron chi connectivity index (χ2n) is 3.75. The number of fused-ring (bicyclic) bond motifs is 1. The van der Waals surface area contributed by atoms with E-state index in [1.54, 1.807) is 0 Å². The van der Waals surface area contributed by atoms with Gasteiger partial charge in [-0.15, -0.1) is 0 Å². The molecule has 0 saturated heterocycles. The summed E-state index contributed by atoms with van der Waals surface area (Å²) in [5.74, 6) is 0. The molecule has 1 heteroatoms. The van der Waals surface area contributed by atoms with Crippen molar-refractivity contribution in [1.29, 1.82) is 0 Å². The van der Waals surface area contributed by atoms with Crippen molar-refractivity contribution in [3.8, 4) is 0 Å². The van der Waals surface area contributed by atoms with Gasteiger partial charge in [0, 0.05) is 3.58 Å². The predicted molar refractivity (Wildman–Crippen MR) is 80.9 cm³/mol. The van der Waals surface area contributed by atoms with Gasteiger partial charge in [-0.3, -0.25) is 0 Å². The van der Waals surface area contributed by atoms with Crippen molar-refractivity contribution >= 4 is 39.4 Å². The number of hydrogen-bond acceptors (Lipinski definition) is 0. The summed E-state index contributed by atoms with van der Waals surface area (Å²) in [4.78, 5) is 0. The van der Waals surface area contributed by atoms with E-state index in [9.17, 15) is 0 Å². The summed E-state index contributed by atoms with van der Waals surface area (Å²) >= 11 is 2.30. The molecule has 0 aliphatic carbocycles. The van der Waals surface area contributed by atoms with Crippen molar-refractivity contribution in [2.45, 2.75) is 6.92 Å². The monoisotopic (exact) mass is 320 g/mol. The molecule has 80 valence electrons. The molecule has 2 aromatic carbocycles. The Labute approximate surface area is 110 Å². The van der Waals surface area contributed by atoms with Gasteiger partial charge in [0.05, 0.1) is 0 Å². The van der Waals surface area contributed by atoms with Crippen LogP contribution in [0, 0.1) is 6.92 Å². The Bertz CT molecular complexity index is 565. The molecule has 0 bridgehead atoms. The van der Waals surface area contributed by atoms with Crippen LogP contribution in [0.5, 0.6) is 0 Å². The molecule has 16 heavy (non-hydrogen) atoms. The minimum atomic E-state index is 1.16. The Morgan fingerprint density at radius 2 is 1.94 bits per heavy atom. The van der Waals surface area contributed by atoms with Crippen LogP contribution < -0.4 is 0 Å². The minimum Gasteiger partial charge on any atom is -0.0980 e. The van der Waals surface area contributed by atoms with Crippen LogP contribution in [0.4, 0.5) is 0 Å². The fourth-order valence-corrected chi connectivity index (χ4v) is 2.10. The average Bonchev–Trinajstić information content (AvgIpc) is 2.32. The van der Waals surface area contributed by atoms with E-state index in [4.69, 9.17) is 0 Å². The first-order chi connectivity index (χ1) is 7.72. The van der Waals surface area contributed by atoms with E-state index in [2.05, 4.69) is 78.6 Å². The minimum absolute atomic E-state index is 1.16. The van der Waals surface area contributed by atoms with Crippen LogP contribution in [0.1, 0.15) is 11.1 Å². The quantitative estimate of drug-likeness (QED) is 0.533. The maximum absolute atomic E-state index is 3.79. The number of allylic oxidation sites excluding steroid dienone is 2. The molecule has 0 aliphatic heterocycles. The Morgan fingerprint density at radius 3 is 2.69 bits per heavy atom. The maximum Gasteiger partial charge on any atom is 0.0130 e. The molecule has 0 atom stereocenters. The van der Waals surface area contributed by atoms with Gasteiger partial charge in [-0.1, -0.05) is 49.1 Å². The number of halogens is 1. The molecule has 0 spiro atoms. The zero-order valence-corrected chi connectivity index (χ0v) is 11.4. The number of hydrogen-bond donors (Lipinski definition) is 0. The SMILES string of the molecule is C=C/C(I)=C\c1c(C)ccc2ccccc12. The molecular formula is C15H13I. The highest BCUT2D eigenvalue weighted by Gasteiger charge is 2.01. The normalized spacial score (nSPS) is 11.8. The summed E-state index contributed by atoms with van der Waals surface area (Å²) in [5.41, 5.74) is 2.59. The highest BCUT2D eigenvalue weighted by molar-refractivity contribution is 14.1. The first-order valence-electron chi connectivity index (χ1n) is 5.20. The average molecular weight is 320 g/mol. The van der Waals surface area contributed by atoms with Gasteiger partial charge in [-0.2, -0.15) is 0 Å². The number of rotatable bonds is 2. The molecule has 0 unspecified atom stereocenters. The second kappa shape index (κ2) is 4.83. The predicted octanol–water partition coefficient (Wildman–Crippen LogP) is 5.11. The van der Waals surface area contributed by atoms with E-state index in [0.717, 1.165) is 3.58 Å². The molecule has 0 aliphatic rings. The van der Waals surface area contributed by atoms with E-state index in [1.165, 1.54) is 21.9 Å². The van der Waals surface area contributed by atoms with Crippen LogP contribution in [0.25, 0.3) is 16.8 Å². The van der Waals surface area contributed by atoms with Gasteiger partial charge in [-0.05, 0) is 57.5 Å². The molecule has 0 saturated carbocycles. The lowest BCUT2D eigenvalue weighted by Crippen LogP contribution is -1.84. The zero-order chi connectivity index (χ0) is 11.5. The molecule has 2 rings (SSSR count). The fraction of sp³-hybridized carbons (Fsp3) is 0.0667. The van der Waals surface area contributed by atoms with E-state index < -0.39 is 0 Å². The van der Waals surface area contributed by atoms with Crippen LogP contribution in [-0.4, -0.2) is 0 Å². The summed E-state index contributed by atoms with van der Waals surface area (Å²) in [7, 11) is 0. The third-order valence-electron chi connectivity index (χ3n) is 2.67. The summed E-state index contributed by atoms with van der Waals surface area (Å²) < 4.78 is 1.16. The van der Waals surface area contributed by atoms with Gasteiger partial charge < -0.3 is 0 Å². The summed E-state index contributed by atoms with van der Waals surface area (Å²) in [6.07, 6.45) is 4.06. The summed E-state index contributed by atoms with van der Waals surface area (Å²) in [6.45, 7) is 5.93. The van der Waals surface area contributed by atoms with E-state index >= 15 is 0 Å². The second-order valence-corrected chi connectivity index (χ2v) is 5.00. The molecule has 0 radical (unpaired) electrons. The van der Waals surface area contributed by atoms with Crippen molar-refractivity contribution < 1.29 is 0 Å². The van der Waals surface area contributed by atoms with E-state index in [1.807, 2.05) is 6.08 Å². The lowest BCUT2D eigenvalue weighted by molar-refractivity contribution is 1.48. The van der Waals surface area contributed by atoms with Crippen molar-refractivity contribution in [3.05, 3.63) is 63.8 Å². The molecule has 0 N–H and O–H groups in total. The third kappa shape index (κ3) is 2.19. The van der Waals surface area contributed by atoms with Crippen molar-refractivity contribution in [3.63, 3.8) is 0 Å². The van der Waals surface area contributed by atoms with Gasteiger partial charge in [0.2, 0.25) is 0 Å². The highest BCUT2D eigenvalue weighted by atomic mass is 127. The Kier molecular flexibility index (Phi) is 3.44. The van der Waals surface area contributed by atoms with Gasteiger partial charge in [0.15, 0.2) is 0 Å². The van der Waals surface area contributed by atoms with E-state index in [-0.39, 0.29) is 0 Å². The van der Waals surface area contributed by atoms with Gasteiger partial charge in [0.25, 0.3) is 0 Å². The van der Waals surface area contributed by atoms with Crippen LogP contribution in [0.2, 0.25) is 0 Å². The molecule has 0 fully saturated rings. The standard InChI is InChI=1S/C15H13I/c1-3-13(16)10-15-11(2)8-9-12-6-4-5-7-14(12)15/h3-10H,1H2,2H3/b13-10+. The molecule has 2 aromatic rings. The molecule has 0 aromatic heterocycles. The van der Waals surface area contributed by atoms with Crippen LogP contribution in [-0.2, 0) is 0 Å². The smallest absolute Gasteiger partial charge is 0.0130 e. The van der Waals surface area contributed by atoms with Crippen molar-refractivity contribution in [1.82, 2.24) is 0 Å². The molecular weight excluding hydrogens is 307 g/mol. The van der Waals surface area contributed by atoms with Gasteiger partial charge >= 0.3 is 0 Å². The van der Waals surface area contributed by atoms with Crippen molar-refractivity contribution in [2.24, 2.45) is 0 Å². The lowest BCUT2D eigenvalue weighted by atomic mass is 9.99. The molecule has 0 amide bonds. The maximum atomic E-state index is 3.79. The first-order valence-corrected chi connectivity index (χ1v) is 6.28. The highest BCUT2D eigenvalue weighted by Crippen LogP contribution is 2.25. The molecule has 0 nitrogen and oxygen atoms in total. The summed E-state index contributed by atoms with van der Waals surface area (Å²) in [6, 6.07) is 12.8. The summed E-state index contributed by atoms with van der Waals surface area (Å²) in [5, 5.41) is 2.59. The zero-order valence-electron chi connectivity index (χ0n) is 9.20.